The third-order valence-electron chi connectivity index (χ3n) is 2.36. The first kappa shape index (κ1) is 13.9. The van der Waals surface area contributed by atoms with Crippen LogP contribution in [0.15, 0.2) is 12.3 Å². The molecule has 0 spiro atoms. The molecule has 1 heterocycles. The maximum absolute atomic E-state index is 13.4. The Hall–Kier alpha value is -1.20. The molecule has 1 atom stereocenters. The molecular weight excluding hydrogens is 247 g/mol. The normalized spacial score (nSPS) is 12.4. The molecule has 0 saturated heterocycles. The zero-order chi connectivity index (χ0) is 12.8. The van der Waals surface area contributed by atoms with Gasteiger partial charge in [0.1, 0.15) is 0 Å². The molecular formula is C11H14ClFN2O2. The van der Waals surface area contributed by atoms with Crippen molar-refractivity contribution in [3.8, 4) is 0 Å². The largest absolute Gasteiger partial charge is 0.481 e. The first-order chi connectivity index (χ1) is 8.00. The Labute approximate surface area is 104 Å². The lowest BCUT2D eigenvalue weighted by molar-refractivity contribution is -0.137. The standard InChI is InChI=1S/C11H14ClFN2O2/c1-7(2-3-9(16)17)15-6-8-4-5-14-11(12)10(8)13/h4-5,7,15H,2-3,6H2,1H3,(H,16,17). The van der Waals surface area contributed by atoms with Gasteiger partial charge in [0.2, 0.25) is 0 Å². The van der Waals surface area contributed by atoms with Gasteiger partial charge < -0.3 is 10.4 Å². The zero-order valence-corrected chi connectivity index (χ0v) is 10.2. The van der Waals surface area contributed by atoms with Crippen LogP contribution in [0.4, 0.5) is 4.39 Å². The summed E-state index contributed by atoms with van der Waals surface area (Å²) in [6.07, 6.45) is 2.02. The molecule has 0 aromatic carbocycles. The maximum atomic E-state index is 13.4. The van der Waals surface area contributed by atoms with Gasteiger partial charge in [0.15, 0.2) is 11.0 Å². The number of nitrogens with one attached hydrogen (secondary N) is 1. The van der Waals surface area contributed by atoms with Crippen LogP contribution in [0, 0.1) is 5.82 Å². The number of carboxylic acid groups (broad SMARTS) is 1. The van der Waals surface area contributed by atoms with Crippen LogP contribution in [-0.2, 0) is 11.3 Å². The van der Waals surface area contributed by atoms with Gasteiger partial charge in [-0.2, -0.15) is 0 Å². The predicted octanol–water partition coefficient (Wildman–Crippen LogP) is 2.22. The van der Waals surface area contributed by atoms with E-state index in [-0.39, 0.29) is 17.6 Å². The Balaban J connectivity index is 2.44. The van der Waals surface area contributed by atoms with Gasteiger partial charge >= 0.3 is 5.97 Å². The first-order valence-corrected chi connectivity index (χ1v) is 5.62. The second kappa shape index (κ2) is 6.51. The molecule has 0 fully saturated rings. The molecule has 0 radical (unpaired) electrons. The highest BCUT2D eigenvalue weighted by Gasteiger charge is 2.09. The van der Waals surface area contributed by atoms with E-state index in [0.29, 0.717) is 18.5 Å². The fourth-order valence-electron chi connectivity index (χ4n) is 1.32. The smallest absolute Gasteiger partial charge is 0.303 e. The SMILES string of the molecule is CC(CCC(=O)O)NCc1ccnc(Cl)c1F. The summed E-state index contributed by atoms with van der Waals surface area (Å²) in [6, 6.07) is 1.54. The number of carbonyl (C=O) groups is 1. The Kier molecular flexibility index (Phi) is 5.31. The molecule has 1 aromatic heterocycles. The summed E-state index contributed by atoms with van der Waals surface area (Å²) in [6.45, 7) is 2.15. The fraction of sp³-hybridized carbons (Fsp3) is 0.455. The Morgan fingerprint density at radius 1 is 1.71 bits per heavy atom. The van der Waals surface area contributed by atoms with Gasteiger partial charge in [-0.3, -0.25) is 4.79 Å². The number of pyridine rings is 1. The van der Waals surface area contributed by atoms with Crippen molar-refractivity contribution in [1.82, 2.24) is 10.3 Å². The number of rotatable bonds is 6. The van der Waals surface area contributed by atoms with Crippen LogP contribution in [0.3, 0.4) is 0 Å². The van der Waals surface area contributed by atoms with Crippen molar-refractivity contribution in [3.05, 3.63) is 28.8 Å². The molecule has 6 heteroatoms. The number of nitrogens with zero attached hydrogens (tertiary/aromatic N) is 1. The third kappa shape index (κ3) is 4.66. The number of aromatic nitrogens is 1. The first-order valence-electron chi connectivity index (χ1n) is 5.24. The van der Waals surface area contributed by atoms with Crippen molar-refractivity contribution in [3.63, 3.8) is 0 Å². The van der Waals surface area contributed by atoms with Crippen LogP contribution >= 0.6 is 11.6 Å². The molecule has 0 aliphatic carbocycles. The van der Waals surface area contributed by atoms with Crippen LogP contribution in [0.1, 0.15) is 25.3 Å². The van der Waals surface area contributed by atoms with Gasteiger partial charge in [-0.05, 0) is 19.4 Å². The summed E-state index contributed by atoms with van der Waals surface area (Å²) in [4.78, 5) is 14.0. The van der Waals surface area contributed by atoms with Crippen molar-refractivity contribution < 1.29 is 14.3 Å². The van der Waals surface area contributed by atoms with Crippen molar-refractivity contribution in [2.75, 3.05) is 0 Å². The van der Waals surface area contributed by atoms with E-state index < -0.39 is 11.8 Å². The highest BCUT2D eigenvalue weighted by atomic mass is 35.5. The summed E-state index contributed by atoms with van der Waals surface area (Å²) in [5.74, 6) is -1.37. The molecule has 94 valence electrons. The number of hydrogen-bond donors (Lipinski definition) is 2. The molecule has 2 N–H and O–H groups in total. The van der Waals surface area contributed by atoms with E-state index in [1.165, 1.54) is 12.3 Å². The third-order valence-corrected chi connectivity index (χ3v) is 2.62. The Bertz CT molecular complexity index is 401. The minimum absolute atomic E-state index is 0.00237. The van der Waals surface area contributed by atoms with Crippen LogP contribution < -0.4 is 5.32 Å². The average Bonchev–Trinajstić information content (AvgIpc) is 2.28. The van der Waals surface area contributed by atoms with Gasteiger partial charge in [-0.25, -0.2) is 9.37 Å². The van der Waals surface area contributed by atoms with Crippen LogP contribution in [0.25, 0.3) is 0 Å². The van der Waals surface area contributed by atoms with E-state index in [2.05, 4.69) is 10.3 Å². The summed E-state index contributed by atoms with van der Waals surface area (Å²) < 4.78 is 13.4. The maximum Gasteiger partial charge on any atom is 0.303 e. The highest BCUT2D eigenvalue weighted by Crippen LogP contribution is 2.14. The fourth-order valence-corrected chi connectivity index (χ4v) is 1.50. The summed E-state index contributed by atoms with van der Waals surface area (Å²) in [5, 5.41) is 11.4. The minimum atomic E-state index is -0.836. The van der Waals surface area contributed by atoms with Gasteiger partial charge in [-0.15, -0.1) is 0 Å². The number of hydrogen-bond acceptors (Lipinski definition) is 3. The zero-order valence-electron chi connectivity index (χ0n) is 9.41. The van der Waals surface area contributed by atoms with Crippen molar-refractivity contribution >= 4 is 17.6 Å². The van der Waals surface area contributed by atoms with Crippen LogP contribution in [0.5, 0.6) is 0 Å². The predicted molar refractivity (Wildman–Crippen MR) is 62.4 cm³/mol. The molecule has 4 nitrogen and oxygen atoms in total. The molecule has 1 rings (SSSR count). The van der Waals surface area contributed by atoms with Crippen LogP contribution in [0.2, 0.25) is 5.15 Å². The average molecular weight is 261 g/mol. The summed E-state index contributed by atoms with van der Waals surface area (Å²) >= 11 is 5.54. The van der Waals surface area contributed by atoms with Gasteiger partial charge in [0.25, 0.3) is 0 Å². The van der Waals surface area contributed by atoms with E-state index in [1.54, 1.807) is 0 Å². The summed E-state index contributed by atoms with van der Waals surface area (Å²) in [5.41, 5.74) is 0.423. The number of carboxylic acids is 1. The lowest BCUT2D eigenvalue weighted by Crippen LogP contribution is -2.26. The molecule has 0 aliphatic heterocycles. The van der Waals surface area contributed by atoms with Gasteiger partial charge in [0, 0.05) is 30.8 Å². The van der Waals surface area contributed by atoms with E-state index >= 15 is 0 Å². The summed E-state index contributed by atoms with van der Waals surface area (Å²) in [7, 11) is 0. The lowest BCUT2D eigenvalue weighted by Gasteiger charge is -2.13. The molecule has 0 aliphatic rings. The Morgan fingerprint density at radius 3 is 3.06 bits per heavy atom. The molecule has 17 heavy (non-hydrogen) atoms. The van der Waals surface area contributed by atoms with Crippen molar-refractivity contribution in [1.29, 1.82) is 0 Å². The second-order valence-electron chi connectivity index (χ2n) is 3.79. The topological polar surface area (TPSA) is 62.2 Å². The number of halogens is 2. The highest BCUT2D eigenvalue weighted by molar-refractivity contribution is 6.29. The quantitative estimate of drug-likeness (QED) is 0.770. The van der Waals surface area contributed by atoms with E-state index in [0.717, 1.165) is 0 Å². The van der Waals surface area contributed by atoms with E-state index in [9.17, 15) is 9.18 Å². The molecule has 0 bridgehead atoms. The van der Waals surface area contributed by atoms with Crippen molar-refractivity contribution in [2.45, 2.75) is 32.4 Å². The van der Waals surface area contributed by atoms with Crippen molar-refractivity contribution in [2.24, 2.45) is 0 Å². The van der Waals surface area contributed by atoms with Crippen LogP contribution in [-0.4, -0.2) is 22.1 Å². The molecule has 1 aromatic rings. The monoisotopic (exact) mass is 260 g/mol. The van der Waals surface area contributed by atoms with E-state index in [4.69, 9.17) is 16.7 Å². The van der Waals surface area contributed by atoms with E-state index in [1.807, 2.05) is 6.92 Å². The lowest BCUT2D eigenvalue weighted by atomic mass is 10.1. The van der Waals surface area contributed by atoms with Gasteiger partial charge in [-0.1, -0.05) is 11.6 Å². The Morgan fingerprint density at radius 2 is 2.41 bits per heavy atom. The number of aliphatic carboxylic acids is 1. The molecule has 1 unspecified atom stereocenters. The molecule has 0 saturated carbocycles. The second-order valence-corrected chi connectivity index (χ2v) is 4.15. The minimum Gasteiger partial charge on any atom is -0.481 e. The van der Waals surface area contributed by atoms with Gasteiger partial charge in [0.05, 0.1) is 0 Å². The molecule has 0 amide bonds.